The van der Waals surface area contributed by atoms with Crippen molar-refractivity contribution in [3.05, 3.63) is 0 Å². The van der Waals surface area contributed by atoms with E-state index in [1.807, 2.05) is 4.90 Å². The lowest BCUT2D eigenvalue weighted by molar-refractivity contribution is -0.148. The summed E-state index contributed by atoms with van der Waals surface area (Å²) in [6, 6.07) is 0.0433. The lowest BCUT2D eigenvalue weighted by Gasteiger charge is -2.37. The molecule has 2 fully saturated rings. The molecule has 2 aliphatic rings. The molecule has 7 nitrogen and oxygen atoms in total. The Morgan fingerprint density at radius 1 is 1.33 bits per heavy atom. The molecule has 3 atom stereocenters. The molecule has 2 heterocycles. The quantitative estimate of drug-likeness (QED) is 0.667. The van der Waals surface area contributed by atoms with E-state index in [0.717, 1.165) is 45.3 Å². The van der Waals surface area contributed by atoms with E-state index in [4.69, 9.17) is 15.2 Å². The Bertz CT molecular complexity index is 413. The first-order valence-corrected chi connectivity index (χ1v) is 9.12. The minimum atomic E-state index is -0.477. The molecule has 0 spiro atoms. The molecular weight excluding hydrogens is 310 g/mol. The molecule has 0 aliphatic carbocycles. The first kappa shape index (κ1) is 19.1. The van der Waals surface area contributed by atoms with Crippen LogP contribution in [0.2, 0.25) is 0 Å². The van der Waals surface area contributed by atoms with E-state index in [0.29, 0.717) is 26.1 Å². The van der Waals surface area contributed by atoms with Crippen LogP contribution in [0.3, 0.4) is 0 Å². The molecule has 138 valence electrons. The molecule has 0 saturated carbocycles. The molecule has 2 aliphatic heterocycles. The smallest absolute Gasteiger partial charge is 0.251 e. The lowest BCUT2D eigenvalue weighted by Crippen LogP contribution is -2.52. The van der Waals surface area contributed by atoms with Gasteiger partial charge in [0.15, 0.2) is 0 Å². The number of nitrogens with two attached hydrogens (primary N) is 1. The first-order chi connectivity index (χ1) is 11.6. The van der Waals surface area contributed by atoms with Crippen LogP contribution in [-0.2, 0) is 19.1 Å². The minimum absolute atomic E-state index is 0.00534. The van der Waals surface area contributed by atoms with Crippen LogP contribution in [0, 0.1) is 0 Å². The molecule has 3 unspecified atom stereocenters. The van der Waals surface area contributed by atoms with Crippen molar-refractivity contribution in [2.75, 3.05) is 32.8 Å². The van der Waals surface area contributed by atoms with Crippen molar-refractivity contribution in [2.45, 2.75) is 63.7 Å². The van der Waals surface area contributed by atoms with Crippen LogP contribution in [0.25, 0.3) is 0 Å². The van der Waals surface area contributed by atoms with Crippen molar-refractivity contribution in [2.24, 2.45) is 5.73 Å². The number of hydrogen-bond acceptors (Lipinski definition) is 5. The number of amides is 2. The van der Waals surface area contributed by atoms with Crippen molar-refractivity contribution in [3.8, 4) is 0 Å². The van der Waals surface area contributed by atoms with E-state index in [2.05, 4.69) is 5.32 Å². The van der Waals surface area contributed by atoms with Gasteiger partial charge in [0.05, 0.1) is 12.7 Å². The Kier molecular flexibility index (Phi) is 7.94. The summed E-state index contributed by atoms with van der Waals surface area (Å²) >= 11 is 0. The van der Waals surface area contributed by atoms with Gasteiger partial charge in [-0.25, -0.2) is 0 Å². The van der Waals surface area contributed by atoms with E-state index in [1.54, 1.807) is 6.92 Å². The number of piperidine rings is 1. The third-order valence-corrected chi connectivity index (χ3v) is 4.72. The fraction of sp³-hybridized carbons (Fsp3) is 0.882. The van der Waals surface area contributed by atoms with Crippen molar-refractivity contribution in [3.63, 3.8) is 0 Å². The molecule has 2 rings (SSSR count). The summed E-state index contributed by atoms with van der Waals surface area (Å²) in [7, 11) is 0. The van der Waals surface area contributed by atoms with Crippen molar-refractivity contribution >= 4 is 11.8 Å². The van der Waals surface area contributed by atoms with Crippen LogP contribution >= 0.6 is 0 Å². The number of hydrogen-bond donors (Lipinski definition) is 2. The average molecular weight is 341 g/mol. The van der Waals surface area contributed by atoms with Gasteiger partial charge in [-0.3, -0.25) is 9.59 Å². The van der Waals surface area contributed by atoms with Gasteiger partial charge >= 0.3 is 0 Å². The third-order valence-electron chi connectivity index (χ3n) is 4.72. The van der Waals surface area contributed by atoms with Gasteiger partial charge in [-0.1, -0.05) is 0 Å². The zero-order chi connectivity index (χ0) is 17.4. The largest absolute Gasteiger partial charge is 0.376 e. The summed E-state index contributed by atoms with van der Waals surface area (Å²) in [5.41, 5.74) is 5.39. The average Bonchev–Trinajstić information content (AvgIpc) is 3.11. The van der Waals surface area contributed by atoms with E-state index in [-0.39, 0.29) is 24.0 Å². The van der Waals surface area contributed by atoms with Gasteiger partial charge < -0.3 is 25.4 Å². The van der Waals surface area contributed by atoms with Gasteiger partial charge in [0, 0.05) is 38.7 Å². The normalized spacial score (nSPS) is 25.5. The molecule has 24 heavy (non-hydrogen) atoms. The predicted molar refractivity (Wildman–Crippen MR) is 90.4 cm³/mol. The second kappa shape index (κ2) is 9.96. The van der Waals surface area contributed by atoms with Crippen molar-refractivity contribution in [1.29, 1.82) is 0 Å². The van der Waals surface area contributed by atoms with Gasteiger partial charge in [0.25, 0.3) is 5.91 Å². The molecule has 0 aromatic heterocycles. The van der Waals surface area contributed by atoms with Crippen LogP contribution < -0.4 is 11.1 Å². The maximum Gasteiger partial charge on any atom is 0.251 e. The number of carbonyl (C=O) groups is 2. The Balaban J connectivity index is 1.80. The van der Waals surface area contributed by atoms with E-state index >= 15 is 0 Å². The third kappa shape index (κ3) is 5.72. The van der Waals surface area contributed by atoms with Gasteiger partial charge in [0.2, 0.25) is 5.91 Å². The fourth-order valence-electron chi connectivity index (χ4n) is 3.29. The SMILES string of the molecule is CC(OCC1CCCO1)C(=O)N1CCCCC1CNC(=O)CCN. The highest BCUT2D eigenvalue weighted by Crippen LogP contribution is 2.19. The van der Waals surface area contributed by atoms with E-state index in [1.165, 1.54) is 0 Å². The van der Waals surface area contributed by atoms with Crippen molar-refractivity contribution in [1.82, 2.24) is 10.2 Å². The number of carbonyl (C=O) groups excluding carboxylic acids is 2. The maximum atomic E-state index is 12.7. The standard InChI is InChI=1S/C17H31N3O4/c1-13(24-12-15-6-4-10-23-15)17(22)20-9-3-2-5-14(20)11-19-16(21)7-8-18/h13-15H,2-12,18H2,1H3,(H,19,21). The van der Waals surface area contributed by atoms with Gasteiger partial charge in [-0.2, -0.15) is 0 Å². The summed E-state index contributed by atoms with van der Waals surface area (Å²) in [6.07, 6.45) is 5.01. The number of likely N-dealkylation sites (tertiary alicyclic amines) is 1. The Hall–Kier alpha value is -1.18. The molecular formula is C17H31N3O4. The summed E-state index contributed by atoms with van der Waals surface area (Å²) in [4.78, 5) is 26.2. The van der Waals surface area contributed by atoms with Crippen LogP contribution in [0.15, 0.2) is 0 Å². The number of ether oxygens (including phenoxy) is 2. The fourth-order valence-corrected chi connectivity index (χ4v) is 3.29. The minimum Gasteiger partial charge on any atom is -0.376 e. The monoisotopic (exact) mass is 341 g/mol. The highest BCUT2D eigenvalue weighted by molar-refractivity contribution is 5.81. The summed E-state index contributed by atoms with van der Waals surface area (Å²) in [5, 5.41) is 2.88. The Morgan fingerprint density at radius 3 is 2.88 bits per heavy atom. The molecule has 0 bridgehead atoms. The van der Waals surface area contributed by atoms with Crippen molar-refractivity contribution < 1.29 is 19.1 Å². The van der Waals surface area contributed by atoms with Crippen LogP contribution in [0.4, 0.5) is 0 Å². The lowest BCUT2D eigenvalue weighted by atomic mass is 10.0. The zero-order valence-electron chi connectivity index (χ0n) is 14.7. The number of rotatable bonds is 8. The summed E-state index contributed by atoms with van der Waals surface area (Å²) in [5.74, 6) is -0.0519. The summed E-state index contributed by atoms with van der Waals surface area (Å²) < 4.78 is 11.3. The van der Waals surface area contributed by atoms with Crippen LogP contribution in [0.1, 0.15) is 45.4 Å². The van der Waals surface area contributed by atoms with E-state index < -0.39 is 6.10 Å². The van der Waals surface area contributed by atoms with Gasteiger partial charge in [-0.15, -0.1) is 0 Å². The summed E-state index contributed by atoms with van der Waals surface area (Å²) in [6.45, 7) is 4.61. The van der Waals surface area contributed by atoms with E-state index in [9.17, 15) is 9.59 Å². The predicted octanol–water partition coefficient (Wildman–Crippen LogP) is 0.417. The van der Waals surface area contributed by atoms with Gasteiger partial charge in [-0.05, 0) is 39.0 Å². The maximum absolute atomic E-state index is 12.7. The topological polar surface area (TPSA) is 93.9 Å². The number of nitrogens with one attached hydrogen (secondary N) is 1. The Morgan fingerprint density at radius 2 is 2.17 bits per heavy atom. The molecule has 2 amide bonds. The Labute approximate surface area is 144 Å². The molecule has 3 N–H and O–H groups in total. The molecule has 2 saturated heterocycles. The second-order valence-corrected chi connectivity index (χ2v) is 6.63. The molecule has 0 aromatic carbocycles. The highest BCUT2D eigenvalue weighted by atomic mass is 16.5. The zero-order valence-corrected chi connectivity index (χ0v) is 14.7. The highest BCUT2D eigenvalue weighted by Gasteiger charge is 2.30. The van der Waals surface area contributed by atoms with Crippen LogP contribution in [0.5, 0.6) is 0 Å². The van der Waals surface area contributed by atoms with Gasteiger partial charge in [0.1, 0.15) is 6.10 Å². The molecule has 0 aromatic rings. The molecule has 0 radical (unpaired) electrons. The number of nitrogens with zero attached hydrogens (tertiary/aromatic N) is 1. The van der Waals surface area contributed by atoms with Crippen LogP contribution in [-0.4, -0.2) is 67.8 Å². The second-order valence-electron chi connectivity index (χ2n) is 6.63. The first-order valence-electron chi connectivity index (χ1n) is 9.12. The molecule has 7 heteroatoms.